The smallest absolute Gasteiger partial charge is 0.246 e. The topological polar surface area (TPSA) is 46.6 Å². The van der Waals surface area contributed by atoms with Gasteiger partial charge >= 0.3 is 0 Å². The summed E-state index contributed by atoms with van der Waals surface area (Å²) in [7, 11) is -2.18. The van der Waals surface area contributed by atoms with Crippen molar-refractivity contribution in [1.29, 1.82) is 0 Å². The predicted molar refractivity (Wildman–Crippen MR) is 95.3 cm³/mol. The molecule has 1 aliphatic rings. The molecule has 1 atom stereocenters. The van der Waals surface area contributed by atoms with Crippen LogP contribution in [0.3, 0.4) is 0 Å². The highest BCUT2D eigenvalue weighted by atomic mass is 35.5. The van der Waals surface area contributed by atoms with Gasteiger partial charge in [0.2, 0.25) is 10.0 Å². The van der Waals surface area contributed by atoms with Crippen LogP contribution in [0.1, 0.15) is 24.4 Å². The van der Waals surface area contributed by atoms with E-state index in [4.69, 9.17) is 27.9 Å². The molecule has 1 unspecified atom stereocenters. The van der Waals surface area contributed by atoms with Gasteiger partial charge in [-0.15, -0.1) is 0 Å². The van der Waals surface area contributed by atoms with Crippen LogP contribution in [0.4, 0.5) is 0 Å². The largest absolute Gasteiger partial charge is 0.497 e. The number of nitrogens with zero attached hydrogens (tertiary/aromatic N) is 1. The van der Waals surface area contributed by atoms with Gasteiger partial charge in [-0.05, 0) is 42.7 Å². The standard InChI is InChI=1S/C17H17Cl2NO3S/c1-23-13-9-7-12(8-10-13)16-6-3-11-20(16)24(21,22)17-14(18)4-2-5-15(17)19/h2,4-5,7-10,16H,3,6,11H2,1H3. The van der Waals surface area contributed by atoms with Crippen molar-refractivity contribution in [3.05, 3.63) is 58.1 Å². The Balaban J connectivity index is 2.00. The fourth-order valence-electron chi connectivity index (χ4n) is 3.03. The highest BCUT2D eigenvalue weighted by Crippen LogP contribution is 2.40. The average Bonchev–Trinajstić information content (AvgIpc) is 3.05. The van der Waals surface area contributed by atoms with E-state index in [0.717, 1.165) is 24.2 Å². The molecule has 4 nitrogen and oxygen atoms in total. The molecular weight excluding hydrogens is 369 g/mol. The van der Waals surface area contributed by atoms with Crippen molar-refractivity contribution in [1.82, 2.24) is 4.31 Å². The van der Waals surface area contributed by atoms with Crippen LogP contribution < -0.4 is 4.74 Å². The van der Waals surface area contributed by atoms with Gasteiger partial charge in [-0.1, -0.05) is 41.4 Å². The third-order valence-corrected chi connectivity index (χ3v) is 7.05. The Kier molecular flexibility index (Phi) is 5.06. The number of hydrogen-bond donors (Lipinski definition) is 0. The zero-order chi connectivity index (χ0) is 17.3. The van der Waals surface area contributed by atoms with Crippen LogP contribution in [0.2, 0.25) is 10.0 Å². The molecule has 0 aromatic heterocycles. The molecule has 1 saturated heterocycles. The molecule has 0 aliphatic carbocycles. The van der Waals surface area contributed by atoms with E-state index in [0.29, 0.717) is 6.54 Å². The fourth-order valence-corrected chi connectivity index (χ4v) is 5.81. The molecule has 3 rings (SSSR count). The highest BCUT2D eigenvalue weighted by molar-refractivity contribution is 7.89. The molecule has 0 spiro atoms. The first-order valence-corrected chi connectivity index (χ1v) is 9.74. The normalized spacial score (nSPS) is 18.7. The van der Waals surface area contributed by atoms with Crippen LogP contribution in [-0.4, -0.2) is 26.4 Å². The maximum Gasteiger partial charge on any atom is 0.246 e. The molecule has 24 heavy (non-hydrogen) atoms. The number of sulfonamides is 1. The first-order valence-electron chi connectivity index (χ1n) is 7.55. The second-order valence-corrected chi connectivity index (χ2v) is 8.24. The van der Waals surface area contributed by atoms with Gasteiger partial charge in [-0.25, -0.2) is 8.42 Å². The summed E-state index contributed by atoms with van der Waals surface area (Å²) < 4.78 is 32.9. The molecule has 0 radical (unpaired) electrons. The van der Waals surface area contributed by atoms with Gasteiger partial charge in [0.1, 0.15) is 10.6 Å². The minimum Gasteiger partial charge on any atom is -0.497 e. The third-order valence-electron chi connectivity index (χ3n) is 4.19. The van der Waals surface area contributed by atoms with Crippen molar-refractivity contribution in [2.24, 2.45) is 0 Å². The van der Waals surface area contributed by atoms with E-state index in [1.54, 1.807) is 25.3 Å². The van der Waals surface area contributed by atoms with Crippen LogP contribution in [0.25, 0.3) is 0 Å². The SMILES string of the molecule is COc1ccc(C2CCCN2S(=O)(=O)c2c(Cl)cccc2Cl)cc1. The maximum atomic E-state index is 13.1. The molecule has 0 bridgehead atoms. The van der Waals surface area contributed by atoms with Crippen molar-refractivity contribution < 1.29 is 13.2 Å². The molecule has 1 aliphatic heterocycles. The van der Waals surface area contributed by atoms with E-state index in [1.807, 2.05) is 24.3 Å². The molecule has 1 heterocycles. The lowest BCUT2D eigenvalue weighted by atomic mass is 10.1. The van der Waals surface area contributed by atoms with Crippen molar-refractivity contribution in [3.63, 3.8) is 0 Å². The monoisotopic (exact) mass is 385 g/mol. The van der Waals surface area contributed by atoms with E-state index in [2.05, 4.69) is 0 Å². The van der Waals surface area contributed by atoms with Gasteiger partial charge in [0.15, 0.2) is 0 Å². The Bertz CT molecular complexity index is 817. The zero-order valence-electron chi connectivity index (χ0n) is 13.1. The number of methoxy groups -OCH3 is 1. The summed E-state index contributed by atoms with van der Waals surface area (Å²) in [5.74, 6) is 0.736. The van der Waals surface area contributed by atoms with E-state index in [-0.39, 0.29) is 21.0 Å². The minimum absolute atomic E-state index is 0.0197. The van der Waals surface area contributed by atoms with Crippen LogP contribution in [-0.2, 0) is 10.0 Å². The molecule has 0 N–H and O–H groups in total. The summed E-state index contributed by atoms with van der Waals surface area (Å²) in [6, 6.07) is 11.9. The zero-order valence-corrected chi connectivity index (χ0v) is 15.4. The summed E-state index contributed by atoms with van der Waals surface area (Å²) >= 11 is 12.2. The first kappa shape index (κ1) is 17.5. The Morgan fingerprint density at radius 3 is 2.29 bits per heavy atom. The number of halogens is 2. The van der Waals surface area contributed by atoms with Crippen molar-refractivity contribution in [2.45, 2.75) is 23.8 Å². The summed E-state index contributed by atoms with van der Waals surface area (Å²) in [6.45, 7) is 0.445. The van der Waals surface area contributed by atoms with Crippen molar-refractivity contribution >= 4 is 33.2 Å². The van der Waals surface area contributed by atoms with Crippen molar-refractivity contribution in [3.8, 4) is 5.75 Å². The van der Waals surface area contributed by atoms with Crippen LogP contribution in [0, 0.1) is 0 Å². The fraction of sp³-hybridized carbons (Fsp3) is 0.294. The van der Waals surface area contributed by atoms with Gasteiger partial charge < -0.3 is 4.74 Å². The van der Waals surface area contributed by atoms with Crippen LogP contribution in [0.15, 0.2) is 47.4 Å². The Morgan fingerprint density at radius 1 is 1.08 bits per heavy atom. The molecular formula is C17H17Cl2NO3S. The summed E-state index contributed by atoms with van der Waals surface area (Å²) in [5, 5.41) is 0.283. The first-order chi connectivity index (χ1) is 11.4. The predicted octanol–water partition coefficient (Wildman–Crippen LogP) is 4.53. The minimum atomic E-state index is -3.77. The summed E-state index contributed by atoms with van der Waals surface area (Å²) in [6.07, 6.45) is 1.55. The lowest BCUT2D eigenvalue weighted by Crippen LogP contribution is -2.31. The lowest BCUT2D eigenvalue weighted by Gasteiger charge is -2.25. The van der Waals surface area contributed by atoms with Gasteiger partial charge in [-0.2, -0.15) is 4.31 Å². The van der Waals surface area contributed by atoms with Crippen LogP contribution in [0.5, 0.6) is 5.75 Å². The molecule has 128 valence electrons. The second-order valence-electron chi connectivity index (χ2n) is 5.60. The molecule has 0 amide bonds. The Hall–Kier alpha value is -1.27. The number of ether oxygens (including phenoxy) is 1. The lowest BCUT2D eigenvalue weighted by molar-refractivity contribution is 0.394. The number of benzene rings is 2. The quantitative estimate of drug-likeness (QED) is 0.776. The van der Waals surface area contributed by atoms with Gasteiger partial charge in [0, 0.05) is 6.54 Å². The number of rotatable bonds is 4. The summed E-state index contributed by atoms with van der Waals surface area (Å²) in [4.78, 5) is -0.0197. The Labute approximate surface area is 152 Å². The molecule has 1 fully saturated rings. The molecule has 2 aromatic rings. The Morgan fingerprint density at radius 2 is 1.71 bits per heavy atom. The second kappa shape index (κ2) is 6.92. The van der Waals surface area contributed by atoms with E-state index >= 15 is 0 Å². The van der Waals surface area contributed by atoms with Gasteiger partial charge in [0.05, 0.1) is 23.2 Å². The average molecular weight is 386 g/mol. The third kappa shape index (κ3) is 3.14. The molecule has 7 heteroatoms. The van der Waals surface area contributed by atoms with Gasteiger partial charge in [-0.3, -0.25) is 0 Å². The number of hydrogen-bond acceptors (Lipinski definition) is 3. The van der Waals surface area contributed by atoms with Crippen molar-refractivity contribution in [2.75, 3.05) is 13.7 Å². The molecule has 0 saturated carbocycles. The highest BCUT2D eigenvalue weighted by Gasteiger charge is 2.38. The maximum absolute atomic E-state index is 13.1. The van der Waals surface area contributed by atoms with E-state index in [9.17, 15) is 8.42 Å². The molecule has 2 aromatic carbocycles. The van der Waals surface area contributed by atoms with E-state index in [1.165, 1.54) is 4.31 Å². The van der Waals surface area contributed by atoms with Gasteiger partial charge in [0.25, 0.3) is 0 Å². The summed E-state index contributed by atoms with van der Waals surface area (Å²) in [5.41, 5.74) is 0.931. The van der Waals surface area contributed by atoms with E-state index < -0.39 is 10.0 Å². The van der Waals surface area contributed by atoms with Crippen LogP contribution >= 0.6 is 23.2 Å².